The molecule has 0 radical (unpaired) electrons. The molecule has 0 saturated carbocycles. The summed E-state index contributed by atoms with van der Waals surface area (Å²) in [7, 11) is 0. The molecule has 0 bridgehead atoms. The molecule has 154 valence electrons. The smallest absolute Gasteiger partial charge is 0.257 e. The molecule has 0 atom stereocenters. The van der Waals surface area contributed by atoms with E-state index in [0.29, 0.717) is 22.7 Å². The summed E-state index contributed by atoms with van der Waals surface area (Å²) in [5.74, 6) is 0.289. The predicted octanol–water partition coefficient (Wildman–Crippen LogP) is 4.59. The fraction of sp³-hybridized carbons (Fsp3) is 0.318. The second-order valence-electron chi connectivity index (χ2n) is 7.88. The van der Waals surface area contributed by atoms with Gasteiger partial charge in [0.1, 0.15) is 5.75 Å². The zero-order valence-corrected chi connectivity index (χ0v) is 18.1. The van der Waals surface area contributed by atoms with Crippen LogP contribution >= 0.6 is 12.2 Å². The minimum atomic E-state index is -0.498. The largest absolute Gasteiger partial charge is 0.491 e. The Morgan fingerprint density at radius 3 is 2.10 bits per heavy atom. The van der Waals surface area contributed by atoms with Crippen LogP contribution in [-0.4, -0.2) is 23.0 Å². The van der Waals surface area contributed by atoms with Gasteiger partial charge in [0, 0.05) is 22.4 Å². The molecule has 29 heavy (non-hydrogen) atoms. The number of hydrogen-bond donors (Lipinski definition) is 3. The van der Waals surface area contributed by atoms with E-state index in [1.54, 1.807) is 48.5 Å². The number of anilines is 2. The normalized spacial score (nSPS) is 11.0. The van der Waals surface area contributed by atoms with Crippen LogP contribution in [0.2, 0.25) is 0 Å². The Morgan fingerprint density at radius 2 is 1.55 bits per heavy atom. The van der Waals surface area contributed by atoms with Crippen molar-refractivity contribution in [3.8, 4) is 5.75 Å². The lowest BCUT2D eigenvalue weighted by atomic mass is 9.95. The molecule has 0 saturated heterocycles. The maximum absolute atomic E-state index is 12.4. The van der Waals surface area contributed by atoms with Gasteiger partial charge < -0.3 is 15.4 Å². The standard InChI is InChI=1S/C22H27N3O3S/c1-14(2)28-18-11-9-15(10-12-18)19(26)25-21(29)24-17-8-6-7-16(13-17)23-20(27)22(3,4)5/h6-14H,1-5H3,(H,23,27)(H2,24,25,26,29). The second kappa shape index (κ2) is 9.52. The third-order valence-corrected chi connectivity index (χ3v) is 3.98. The van der Waals surface area contributed by atoms with Gasteiger partial charge in [-0.3, -0.25) is 14.9 Å². The predicted molar refractivity (Wildman–Crippen MR) is 120 cm³/mol. The summed E-state index contributed by atoms with van der Waals surface area (Å²) in [6.45, 7) is 9.41. The Morgan fingerprint density at radius 1 is 0.966 bits per heavy atom. The highest BCUT2D eigenvalue weighted by Crippen LogP contribution is 2.20. The molecule has 0 aliphatic carbocycles. The molecule has 0 heterocycles. The zero-order chi connectivity index (χ0) is 21.6. The van der Waals surface area contributed by atoms with Gasteiger partial charge in [-0.1, -0.05) is 26.8 Å². The van der Waals surface area contributed by atoms with Crippen molar-refractivity contribution in [1.29, 1.82) is 0 Å². The van der Waals surface area contributed by atoms with Gasteiger partial charge >= 0.3 is 0 Å². The van der Waals surface area contributed by atoms with Gasteiger partial charge in [-0.15, -0.1) is 0 Å². The summed E-state index contributed by atoms with van der Waals surface area (Å²) in [5, 5.41) is 8.62. The van der Waals surface area contributed by atoms with Gasteiger partial charge in [-0.25, -0.2) is 0 Å². The minimum Gasteiger partial charge on any atom is -0.491 e. The van der Waals surface area contributed by atoms with Crippen LogP contribution < -0.4 is 20.7 Å². The van der Waals surface area contributed by atoms with Crippen molar-refractivity contribution in [2.75, 3.05) is 10.6 Å². The maximum atomic E-state index is 12.4. The van der Waals surface area contributed by atoms with E-state index in [4.69, 9.17) is 17.0 Å². The Balaban J connectivity index is 1.95. The first kappa shape index (κ1) is 22.4. The Hall–Kier alpha value is -2.93. The van der Waals surface area contributed by atoms with Gasteiger partial charge in [-0.2, -0.15) is 0 Å². The molecule has 0 aliphatic heterocycles. The summed E-state index contributed by atoms with van der Waals surface area (Å²) >= 11 is 5.23. The molecule has 2 rings (SSSR count). The summed E-state index contributed by atoms with van der Waals surface area (Å²) in [6.07, 6.45) is 0.0652. The van der Waals surface area contributed by atoms with Gasteiger partial charge in [0.2, 0.25) is 5.91 Å². The summed E-state index contributed by atoms with van der Waals surface area (Å²) in [6, 6.07) is 14.0. The molecule has 6 nitrogen and oxygen atoms in total. The summed E-state index contributed by atoms with van der Waals surface area (Å²) < 4.78 is 5.57. The van der Waals surface area contributed by atoms with Crippen LogP contribution in [0.25, 0.3) is 0 Å². The minimum absolute atomic E-state index is 0.0652. The van der Waals surface area contributed by atoms with Crippen molar-refractivity contribution >= 4 is 40.5 Å². The number of thiocarbonyl (C=S) groups is 1. The van der Waals surface area contributed by atoms with Crippen molar-refractivity contribution in [3.63, 3.8) is 0 Å². The molecule has 2 aromatic carbocycles. The third kappa shape index (κ3) is 7.19. The molecule has 0 spiro atoms. The molecule has 0 fully saturated rings. The fourth-order valence-electron chi connectivity index (χ4n) is 2.29. The van der Waals surface area contributed by atoms with Crippen molar-refractivity contribution in [1.82, 2.24) is 5.32 Å². The molecule has 7 heteroatoms. The van der Waals surface area contributed by atoms with Gasteiger partial charge in [0.15, 0.2) is 5.11 Å². The van der Waals surface area contributed by atoms with E-state index in [1.807, 2.05) is 34.6 Å². The molecule has 0 unspecified atom stereocenters. The Kier molecular flexibility index (Phi) is 7.34. The van der Waals surface area contributed by atoms with Gasteiger partial charge in [0.05, 0.1) is 6.10 Å². The lowest BCUT2D eigenvalue weighted by molar-refractivity contribution is -0.123. The topological polar surface area (TPSA) is 79.5 Å². The van der Waals surface area contributed by atoms with E-state index >= 15 is 0 Å². The fourth-order valence-corrected chi connectivity index (χ4v) is 2.50. The first-order valence-electron chi connectivity index (χ1n) is 9.35. The van der Waals surface area contributed by atoms with Gasteiger partial charge in [-0.05, 0) is 68.5 Å². The number of benzene rings is 2. The summed E-state index contributed by atoms with van der Waals surface area (Å²) in [5.41, 5.74) is 1.27. The highest BCUT2D eigenvalue weighted by Gasteiger charge is 2.21. The average Bonchev–Trinajstić information content (AvgIpc) is 2.61. The number of carbonyl (C=O) groups excluding carboxylic acids is 2. The van der Waals surface area contributed by atoms with Crippen molar-refractivity contribution in [2.45, 2.75) is 40.7 Å². The van der Waals surface area contributed by atoms with Crippen LogP contribution in [0.15, 0.2) is 48.5 Å². The maximum Gasteiger partial charge on any atom is 0.257 e. The SMILES string of the molecule is CC(C)Oc1ccc(C(=O)NC(=S)Nc2cccc(NC(=O)C(C)(C)C)c2)cc1. The van der Waals surface area contributed by atoms with Crippen LogP contribution in [0, 0.1) is 5.41 Å². The van der Waals surface area contributed by atoms with Crippen LogP contribution in [0.3, 0.4) is 0 Å². The number of hydrogen-bond acceptors (Lipinski definition) is 4. The average molecular weight is 414 g/mol. The molecule has 0 aliphatic rings. The number of nitrogens with one attached hydrogen (secondary N) is 3. The number of ether oxygens (including phenoxy) is 1. The lowest BCUT2D eigenvalue weighted by Crippen LogP contribution is -2.34. The van der Waals surface area contributed by atoms with E-state index in [0.717, 1.165) is 0 Å². The Labute approximate surface area is 177 Å². The molecular formula is C22H27N3O3S. The van der Waals surface area contributed by atoms with Crippen molar-refractivity contribution in [2.24, 2.45) is 5.41 Å². The van der Waals surface area contributed by atoms with E-state index in [2.05, 4.69) is 16.0 Å². The van der Waals surface area contributed by atoms with Crippen LogP contribution in [0.4, 0.5) is 11.4 Å². The van der Waals surface area contributed by atoms with Crippen LogP contribution in [0.5, 0.6) is 5.75 Å². The van der Waals surface area contributed by atoms with E-state index in [-0.39, 0.29) is 23.0 Å². The molecular weight excluding hydrogens is 386 g/mol. The summed E-state index contributed by atoms with van der Waals surface area (Å²) in [4.78, 5) is 24.5. The van der Waals surface area contributed by atoms with E-state index < -0.39 is 5.41 Å². The van der Waals surface area contributed by atoms with Crippen LogP contribution in [-0.2, 0) is 4.79 Å². The van der Waals surface area contributed by atoms with Gasteiger partial charge in [0.25, 0.3) is 5.91 Å². The highest BCUT2D eigenvalue weighted by atomic mass is 32.1. The number of carbonyl (C=O) groups is 2. The molecule has 2 aromatic rings. The molecule has 0 aromatic heterocycles. The first-order valence-corrected chi connectivity index (χ1v) is 9.76. The number of amides is 2. The van der Waals surface area contributed by atoms with E-state index in [9.17, 15) is 9.59 Å². The van der Waals surface area contributed by atoms with Crippen molar-refractivity contribution in [3.05, 3.63) is 54.1 Å². The quantitative estimate of drug-likeness (QED) is 0.625. The number of rotatable bonds is 5. The van der Waals surface area contributed by atoms with E-state index in [1.165, 1.54) is 0 Å². The first-order chi connectivity index (χ1) is 13.5. The third-order valence-electron chi connectivity index (χ3n) is 3.77. The monoisotopic (exact) mass is 413 g/mol. The zero-order valence-electron chi connectivity index (χ0n) is 17.3. The van der Waals surface area contributed by atoms with Crippen molar-refractivity contribution < 1.29 is 14.3 Å². The lowest BCUT2D eigenvalue weighted by Gasteiger charge is -2.18. The van der Waals surface area contributed by atoms with Crippen LogP contribution in [0.1, 0.15) is 45.0 Å². The highest BCUT2D eigenvalue weighted by molar-refractivity contribution is 7.80. The Bertz CT molecular complexity index is 887. The second-order valence-corrected chi connectivity index (χ2v) is 8.29. The molecule has 2 amide bonds. The molecule has 3 N–H and O–H groups in total.